The van der Waals surface area contributed by atoms with Crippen LogP contribution in [-0.2, 0) is 0 Å². The Kier molecular flexibility index (Phi) is 6.74. The maximum Gasteiger partial charge on any atom is 0.0271 e. The van der Waals surface area contributed by atoms with E-state index in [1.807, 2.05) is 0 Å². The molecule has 0 heterocycles. The second-order valence-electron chi connectivity index (χ2n) is 4.08. The van der Waals surface area contributed by atoms with Crippen molar-refractivity contribution in [2.75, 3.05) is 0 Å². The minimum atomic E-state index is 0.700. The lowest BCUT2D eigenvalue weighted by Crippen LogP contribution is -2.13. The van der Waals surface area contributed by atoms with Gasteiger partial charge in [-0.05, 0) is 12.8 Å². The van der Waals surface area contributed by atoms with Gasteiger partial charge in [0, 0.05) is 9.65 Å². The normalized spacial score (nSPS) is 33.7. The molecule has 2 unspecified atom stereocenters. The highest BCUT2D eigenvalue weighted by molar-refractivity contribution is 9.12. The van der Waals surface area contributed by atoms with Crippen molar-refractivity contribution in [1.82, 2.24) is 0 Å². The van der Waals surface area contributed by atoms with Crippen molar-refractivity contribution >= 4 is 31.9 Å². The van der Waals surface area contributed by atoms with E-state index < -0.39 is 0 Å². The van der Waals surface area contributed by atoms with Crippen LogP contribution in [0.25, 0.3) is 0 Å². The second kappa shape index (κ2) is 7.28. The summed E-state index contributed by atoms with van der Waals surface area (Å²) in [5, 5.41) is 0. The quantitative estimate of drug-likeness (QED) is 0.550. The lowest BCUT2D eigenvalue weighted by Gasteiger charge is -2.15. The molecule has 1 aliphatic carbocycles. The van der Waals surface area contributed by atoms with Crippen molar-refractivity contribution in [1.29, 1.82) is 0 Å². The zero-order chi connectivity index (χ0) is 9.52. The third-order valence-corrected chi connectivity index (χ3v) is 5.75. The lowest BCUT2D eigenvalue weighted by molar-refractivity contribution is 0.586. The molecule has 0 spiro atoms. The molecular weight excluding hydrogens is 292 g/mol. The van der Waals surface area contributed by atoms with Crippen LogP contribution in [0.2, 0.25) is 0 Å². The highest BCUT2D eigenvalue weighted by atomic mass is 79.9. The van der Waals surface area contributed by atoms with Gasteiger partial charge in [0.2, 0.25) is 0 Å². The van der Waals surface area contributed by atoms with E-state index in [-0.39, 0.29) is 0 Å². The molecule has 0 nitrogen and oxygen atoms in total. The molecule has 1 fully saturated rings. The first-order chi connectivity index (χ1) is 6.30. The maximum atomic E-state index is 3.78. The molecule has 1 rings (SSSR count). The molecule has 0 bridgehead atoms. The van der Waals surface area contributed by atoms with E-state index in [4.69, 9.17) is 0 Å². The fourth-order valence-electron chi connectivity index (χ4n) is 1.92. The van der Waals surface area contributed by atoms with Crippen LogP contribution in [0.3, 0.4) is 0 Å². The topological polar surface area (TPSA) is 0 Å². The Morgan fingerprint density at radius 1 is 0.538 bits per heavy atom. The average Bonchev–Trinajstić information content (AvgIpc) is 2.16. The summed E-state index contributed by atoms with van der Waals surface area (Å²) < 4.78 is 0. The van der Waals surface area contributed by atoms with Gasteiger partial charge in [0.1, 0.15) is 0 Å². The Labute approximate surface area is 99.1 Å². The number of rotatable bonds is 0. The van der Waals surface area contributed by atoms with Gasteiger partial charge >= 0.3 is 0 Å². The van der Waals surface area contributed by atoms with Crippen molar-refractivity contribution in [3.8, 4) is 0 Å². The summed E-state index contributed by atoms with van der Waals surface area (Å²) in [4.78, 5) is 1.40. The Hall–Kier alpha value is 0.960. The first kappa shape index (κ1) is 12.0. The van der Waals surface area contributed by atoms with Crippen LogP contribution in [0.5, 0.6) is 0 Å². The van der Waals surface area contributed by atoms with Crippen LogP contribution in [-0.4, -0.2) is 9.65 Å². The molecule has 78 valence electrons. The van der Waals surface area contributed by atoms with E-state index in [2.05, 4.69) is 31.9 Å². The van der Waals surface area contributed by atoms with E-state index >= 15 is 0 Å². The molecule has 0 aromatic carbocycles. The fourth-order valence-corrected chi connectivity index (χ4v) is 3.10. The van der Waals surface area contributed by atoms with Gasteiger partial charge < -0.3 is 0 Å². The SMILES string of the molecule is BrC1CCCCCCCCCC1Br. The van der Waals surface area contributed by atoms with E-state index in [0.29, 0.717) is 9.65 Å². The Morgan fingerprint density at radius 2 is 0.846 bits per heavy atom. The molecular formula is C11H20Br2. The standard InChI is InChI=1S/C11H20Br2/c12-10-8-6-4-2-1-3-5-7-9-11(10)13/h10-11H,1-9H2. The van der Waals surface area contributed by atoms with Crippen LogP contribution < -0.4 is 0 Å². The number of alkyl halides is 2. The molecule has 0 saturated heterocycles. The van der Waals surface area contributed by atoms with Crippen molar-refractivity contribution in [3.05, 3.63) is 0 Å². The first-order valence-electron chi connectivity index (χ1n) is 5.59. The van der Waals surface area contributed by atoms with Gasteiger partial charge in [-0.2, -0.15) is 0 Å². The van der Waals surface area contributed by atoms with Gasteiger partial charge in [0.05, 0.1) is 0 Å². The average molecular weight is 312 g/mol. The molecule has 0 amide bonds. The number of hydrogen-bond donors (Lipinski definition) is 0. The number of halogens is 2. The van der Waals surface area contributed by atoms with Gasteiger partial charge in [-0.15, -0.1) is 0 Å². The molecule has 1 aliphatic rings. The smallest absolute Gasteiger partial charge is 0.0271 e. The highest BCUT2D eigenvalue weighted by Crippen LogP contribution is 2.26. The summed E-state index contributed by atoms with van der Waals surface area (Å²) in [7, 11) is 0. The van der Waals surface area contributed by atoms with E-state index in [0.717, 1.165) is 0 Å². The van der Waals surface area contributed by atoms with E-state index in [1.54, 1.807) is 0 Å². The van der Waals surface area contributed by atoms with Crippen LogP contribution in [0, 0.1) is 0 Å². The number of hydrogen-bond acceptors (Lipinski definition) is 0. The van der Waals surface area contributed by atoms with E-state index in [1.165, 1.54) is 57.8 Å². The molecule has 2 heteroatoms. The van der Waals surface area contributed by atoms with Crippen molar-refractivity contribution in [2.45, 2.75) is 67.4 Å². The predicted molar refractivity (Wildman–Crippen MR) is 67.0 cm³/mol. The molecule has 0 aliphatic heterocycles. The van der Waals surface area contributed by atoms with Gasteiger partial charge in [-0.3, -0.25) is 0 Å². The Bertz CT molecular complexity index is 111. The molecule has 0 aromatic heterocycles. The van der Waals surface area contributed by atoms with Crippen LogP contribution >= 0.6 is 31.9 Å². The molecule has 0 radical (unpaired) electrons. The first-order valence-corrected chi connectivity index (χ1v) is 7.42. The third-order valence-electron chi connectivity index (χ3n) is 2.85. The van der Waals surface area contributed by atoms with E-state index in [9.17, 15) is 0 Å². The molecule has 2 atom stereocenters. The zero-order valence-electron chi connectivity index (χ0n) is 8.27. The molecule has 13 heavy (non-hydrogen) atoms. The van der Waals surface area contributed by atoms with Crippen molar-refractivity contribution in [3.63, 3.8) is 0 Å². The van der Waals surface area contributed by atoms with Crippen LogP contribution in [0.15, 0.2) is 0 Å². The third kappa shape index (κ3) is 5.41. The zero-order valence-corrected chi connectivity index (χ0v) is 11.4. The Balaban J connectivity index is 2.26. The molecule has 0 aromatic rings. The summed E-state index contributed by atoms with van der Waals surface area (Å²) in [5.74, 6) is 0. The fraction of sp³-hybridized carbons (Fsp3) is 1.00. The van der Waals surface area contributed by atoms with Gasteiger partial charge in [-0.1, -0.05) is 76.8 Å². The summed E-state index contributed by atoms with van der Waals surface area (Å²) in [6.07, 6.45) is 12.7. The van der Waals surface area contributed by atoms with Crippen molar-refractivity contribution < 1.29 is 0 Å². The molecule has 1 saturated carbocycles. The van der Waals surface area contributed by atoms with Crippen LogP contribution in [0.4, 0.5) is 0 Å². The highest BCUT2D eigenvalue weighted by Gasteiger charge is 2.15. The summed E-state index contributed by atoms with van der Waals surface area (Å²) in [6, 6.07) is 0. The van der Waals surface area contributed by atoms with Gasteiger partial charge in [0.25, 0.3) is 0 Å². The minimum absolute atomic E-state index is 0.700. The summed E-state index contributed by atoms with van der Waals surface area (Å²) in [5.41, 5.74) is 0. The molecule has 0 N–H and O–H groups in total. The predicted octanol–water partition coefficient (Wildman–Crippen LogP) is 5.04. The minimum Gasteiger partial charge on any atom is -0.0879 e. The lowest BCUT2D eigenvalue weighted by atomic mass is 10.1. The maximum absolute atomic E-state index is 3.78. The second-order valence-corrected chi connectivity index (χ2v) is 6.44. The monoisotopic (exact) mass is 310 g/mol. The largest absolute Gasteiger partial charge is 0.0879 e. The summed E-state index contributed by atoms with van der Waals surface area (Å²) in [6.45, 7) is 0. The van der Waals surface area contributed by atoms with Crippen LogP contribution in [0.1, 0.15) is 57.8 Å². The van der Waals surface area contributed by atoms with Gasteiger partial charge in [0.15, 0.2) is 0 Å². The van der Waals surface area contributed by atoms with Crippen molar-refractivity contribution in [2.24, 2.45) is 0 Å². The summed E-state index contributed by atoms with van der Waals surface area (Å²) >= 11 is 7.55. The van der Waals surface area contributed by atoms with Gasteiger partial charge in [-0.25, -0.2) is 0 Å². The Morgan fingerprint density at radius 3 is 1.23 bits per heavy atom.